The summed E-state index contributed by atoms with van der Waals surface area (Å²) < 4.78 is 2.14. The van der Waals surface area contributed by atoms with Crippen molar-refractivity contribution in [2.75, 3.05) is 5.32 Å². The first-order valence-corrected chi connectivity index (χ1v) is 8.35. The molecular formula is C17H31N3. The number of nitrogens with one attached hydrogen (secondary N) is 1. The molecule has 2 rings (SSSR count). The molecule has 1 heterocycles. The summed E-state index contributed by atoms with van der Waals surface area (Å²) in [6.07, 6.45) is 8.16. The van der Waals surface area contributed by atoms with E-state index in [9.17, 15) is 0 Å². The highest BCUT2D eigenvalue weighted by atomic mass is 15.3. The molecule has 1 aromatic heterocycles. The standard InChI is InChI=1S/C17H31N3/c1-6-7-15-8-10-16(11-9-15)18-17-13(4)19-20(12(2)3)14(17)5/h12,15-16,18H,6-11H2,1-5H3. The van der Waals surface area contributed by atoms with Crippen LogP contribution in [-0.2, 0) is 0 Å². The van der Waals surface area contributed by atoms with Gasteiger partial charge in [0.25, 0.3) is 0 Å². The first-order valence-electron chi connectivity index (χ1n) is 8.35. The van der Waals surface area contributed by atoms with Gasteiger partial charge in [-0.25, -0.2) is 0 Å². The maximum atomic E-state index is 4.67. The van der Waals surface area contributed by atoms with Crippen LogP contribution in [0.1, 0.15) is 76.7 Å². The highest BCUT2D eigenvalue weighted by Crippen LogP contribution is 2.31. The van der Waals surface area contributed by atoms with Gasteiger partial charge in [0.15, 0.2) is 0 Å². The Hall–Kier alpha value is -0.990. The third-order valence-electron chi connectivity index (χ3n) is 4.71. The van der Waals surface area contributed by atoms with Gasteiger partial charge >= 0.3 is 0 Å². The average Bonchev–Trinajstić information content (AvgIpc) is 2.69. The van der Waals surface area contributed by atoms with E-state index in [1.54, 1.807) is 0 Å². The number of hydrogen-bond donors (Lipinski definition) is 1. The normalized spacial score (nSPS) is 23.3. The number of anilines is 1. The molecule has 0 aliphatic heterocycles. The first kappa shape index (κ1) is 15.4. The molecule has 0 spiro atoms. The molecule has 0 bridgehead atoms. The molecule has 1 aliphatic rings. The van der Waals surface area contributed by atoms with Gasteiger partial charge in [0.05, 0.1) is 17.1 Å². The zero-order chi connectivity index (χ0) is 14.7. The van der Waals surface area contributed by atoms with Crippen molar-refractivity contribution in [2.24, 2.45) is 5.92 Å². The van der Waals surface area contributed by atoms with Gasteiger partial charge in [-0.05, 0) is 59.3 Å². The third kappa shape index (κ3) is 3.36. The number of aryl methyl sites for hydroxylation is 1. The summed E-state index contributed by atoms with van der Waals surface area (Å²) in [5, 5.41) is 8.45. The summed E-state index contributed by atoms with van der Waals surface area (Å²) in [6.45, 7) is 11.0. The lowest BCUT2D eigenvalue weighted by Crippen LogP contribution is -2.26. The lowest BCUT2D eigenvalue weighted by atomic mass is 9.83. The van der Waals surface area contributed by atoms with Crippen LogP contribution in [0.5, 0.6) is 0 Å². The van der Waals surface area contributed by atoms with Gasteiger partial charge in [-0.3, -0.25) is 4.68 Å². The molecule has 0 radical (unpaired) electrons. The maximum absolute atomic E-state index is 4.67. The van der Waals surface area contributed by atoms with E-state index >= 15 is 0 Å². The second kappa shape index (κ2) is 6.64. The van der Waals surface area contributed by atoms with Crippen LogP contribution in [0.15, 0.2) is 0 Å². The number of aromatic nitrogens is 2. The Bertz CT molecular complexity index is 426. The van der Waals surface area contributed by atoms with Crippen LogP contribution >= 0.6 is 0 Å². The van der Waals surface area contributed by atoms with E-state index in [2.05, 4.69) is 49.7 Å². The van der Waals surface area contributed by atoms with Crippen LogP contribution in [0.25, 0.3) is 0 Å². The minimum atomic E-state index is 0.435. The predicted octanol–water partition coefficient (Wildman–Crippen LogP) is 4.85. The second-order valence-corrected chi connectivity index (χ2v) is 6.73. The molecule has 1 fully saturated rings. The number of rotatable bonds is 5. The van der Waals surface area contributed by atoms with Crippen LogP contribution in [0.3, 0.4) is 0 Å². The average molecular weight is 277 g/mol. The smallest absolute Gasteiger partial charge is 0.0828 e. The fourth-order valence-electron chi connectivity index (χ4n) is 3.58. The molecule has 1 aliphatic carbocycles. The molecule has 1 N–H and O–H groups in total. The lowest BCUT2D eigenvalue weighted by Gasteiger charge is -2.29. The van der Waals surface area contributed by atoms with Crippen LogP contribution in [0, 0.1) is 19.8 Å². The zero-order valence-electron chi connectivity index (χ0n) is 13.9. The third-order valence-corrected chi connectivity index (χ3v) is 4.71. The second-order valence-electron chi connectivity index (χ2n) is 6.73. The van der Waals surface area contributed by atoms with Gasteiger partial charge in [0, 0.05) is 12.1 Å². The van der Waals surface area contributed by atoms with E-state index in [0.29, 0.717) is 12.1 Å². The van der Waals surface area contributed by atoms with Crippen LogP contribution < -0.4 is 5.32 Å². The largest absolute Gasteiger partial charge is 0.379 e. The van der Waals surface area contributed by atoms with Crippen molar-refractivity contribution in [2.45, 2.75) is 85.2 Å². The van der Waals surface area contributed by atoms with E-state index < -0.39 is 0 Å². The van der Waals surface area contributed by atoms with Crippen molar-refractivity contribution >= 4 is 5.69 Å². The Kier molecular flexibility index (Phi) is 5.11. The van der Waals surface area contributed by atoms with E-state index in [-0.39, 0.29) is 0 Å². The quantitative estimate of drug-likeness (QED) is 0.833. The molecule has 114 valence electrons. The van der Waals surface area contributed by atoms with Crippen molar-refractivity contribution in [3.05, 3.63) is 11.4 Å². The fraction of sp³-hybridized carbons (Fsp3) is 0.824. The van der Waals surface area contributed by atoms with Gasteiger partial charge in [-0.15, -0.1) is 0 Å². The molecule has 20 heavy (non-hydrogen) atoms. The molecule has 0 atom stereocenters. The van der Waals surface area contributed by atoms with Gasteiger partial charge in [0.1, 0.15) is 0 Å². The minimum Gasteiger partial charge on any atom is -0.379 e. The Balaban J connectivity index is 1.98. The SMILES string of the molecule is CCCC1CCC(Nc2c(C)nn(C(C)C)c2C)CC1. The summed E-state index contributed by atoms with van der Waals surface area (Å²) in [5.74, 6) is 0.971. The molecule has 1 saturated carbocycles. The summed E-state index contributed by atoms with van der Waals surface area (Å²) in [4.78, 5) is 0. The Morgan fingerprint density at radius 3 is 2.35 bits per heavy atom. The Morgan fingerprint density at radius 2 is 1.85 bits per heavy atom. The van der Waals surface area contributed by atoms with Gasteiger partial charge in [0.2, 0.25) is 0 Å². The maximum Gasteiger partial charge on any atom is 0.0828 e. The van der Waals surface area contributed by atoms with Crippen LogP contribution in [0.2, 0.25) is 0 Å². The van der Waals surface area contributed by atoms with E-state index in [1.165, 1.54) is 49.9 Å². The van der Waals surface area contributed by atoms with Crippen molar-refractivity contribution in [1.82, 2.24) is 9.78 Å². The lowest BCUT2D eigenvalue weighted by molar-refractivity contribution is 0.319. The highest BCUT2D eigenvalue weighted by Gasteiger charge is 2.22. The molecule has 0 unspecified atom stereocenters. The molecule has 3 nitrogen and oxygen atoms in total. The first-order chi connectivity index (χ1) is 9.52. The molecule has 0 aromatic carbocycles. The van der Waals surface area contributed by atoms with Crippen molar-refractivity contribution in [1.29, 1.82) is 0 Å². The Labute approximate surface area is 124 Å². The van der Waals surface area contributed by atoms with Crippen molar-refractivity contribution in [3.8, 4) is 0 Å². The molecule has 3 heteroatoms. The summed E-state index contributed by atoms with van der Waals surface area (Å²) >= 11 is 0. The number of nitrogens with zero attached hydrogens (tertiary/aromatic N) is 2. The summed E-state index contributed by atoms with van der Waals surface area (Å²) in [6, 6.07) is 1.08. The number of hydrogen-bond acceptors (Lipinski definition) is 2. The zero-order valence-corrected chi connectivity index (χ0v) is 13.9. The van der Waals surface area contributed by atoms with Crippen LogP contribution in [0.4, 0.5) is 5.69 Å². The van der Waals surface area contributed by atoms with Crippen molar-refractivity contribution < 1.29 is 0 Å². The highest BCUT2D eigenvalue weighted by molar-refractivity contribution is 5.53. The molecular weight excluding hydrogens is 246 g/mol. The summed E-state index contributed by atoms with van der Waals surface area (Å²) in [5.41, 5.74) is 3.71. The monoisotopic (exact) mass is 277 g/mol. The topological polar surface area (TPSA) is 29.9 Å². The summed E-state index contributed by atoms with van der Waals surface area (Å²) in [7, 11) is 0. The van der Waals surface area contributed by atoms with E-state index in [1.807, 2.05) is 0 Å². The molecule has 0 amide bonds. The van der Waals surface area contributed by atoms with Gasteiger partial charge in [-0.1, -0.05) is 19.8 Å². The van der Waals surface area contributed by atoms with E-state index in [0.717, 1.165) is 11.6 Å². The Morgan fingerprint density at radius 1 is 1.20 bits per heavy atom. The molecule has 0 saturated heterocycles. The van der Waals surface area contributed by atoms with Gasteiger partial charge < -0.3 is 5.32 Å². The van der Waals surface area contributed by atoms with Gasteiger partial charge in [-0.2, -0.15) is 5.10 Å². The molecule has 1 aromatic rings. The van der Waals surface area contributed by atoms with Crippen molar-refractivity contribution in [3.63, 3.8) is 0 Å². The minimum absolute atomic E-state index is 0.435. The van der Waals surface area contributed by atoms with Crippen LogP contribution in [-0.4, -0.2) is 15.8 Å². The fourth-order valence-corrected chi connectivity index (χ4v) is 3.58. The van der Waals surface area contributed by atoms with E-state index in [4.69, 9.17) is 0 Å². The predicted molar refractivity (Wildman–Crippen MR) is 86.4 cm³/mol.